The number of fused-ring (bicyclic) bond motifs is 2. The molecular weight excluding hydrogens is 398 g/mol. The fourth-order valence-electron chi connectivity index (χ4n) is 4.70. The lowest BCUT2D eigenvalue weighted by atomic mass is 9.95. The van der Waals surface area contributed by atoms with Gasteiger partial charge in [0.05, 0.1) is 22.9 Å². The number of aryl methyl sites for hydroxylation is 2. The third-order valence-electron chi connectivity index (χ3n) is 6.48. The van der Waals surface area contributed by atoms with Crippen LogP contribution in [0.15, 0.2) is 61.1 Å². The number of imidazole rings is 1. The highest BCUT2D eigenvalue weighted by Gasteiger charge is 2.25. The van der Waals surface area contributed by atoms with E-state index in [1.54, 1.807) is 0 Å². The Bertz CT molecular complexity index is 1240. The molecule has 0 bridgehead atoms. The molecule has 1 saturated heterocycles. The smallest absolute Gasteiger partial charge is 0.223 e. The Balaban J connectivity index is 1.12. The number of hydrogen-bond acceptors (Lipinski definition) is 4. The maximum Gasteiger partial charge on any atom is 0.223 e. The number of carbonyl (C=O) groups is 1. The summed E-state index contributed by atoms with van der Waals surface area (Å²) < 4.78 is 2.15. The van der Waals surface area contributed by atoms with Crippen molar-refractivity contribution in [1.82, 2.24) is 19.9 Å². The second-order valence-electron chi connectivity index (χ2n) is 8.68. The number of hydrogen-bond donors (Lipinski definition) is 1. The van der Waals surface area contributed by atoms with E-state index in [2.05, 4.69) is 62.0 Å². The van der Waals surface area contributed by atoms with Crippen LogP contribution in [0.4, 0.5) is 5.69 Å². The van der Waals surface area contributed by atoms with Crippen LogP contribution in [0, 0.1) is 12.8 Å². The molecule has 0 spiro atoms. The van der Waals surface area contributed by atoms with Crippen molar-refractivity contribution in [3.05, 3.63) is 66.6 Å². The van der Waals surface area contributed by atoms with Gasteiger partial charge in [-0.15, -0.1) is 0 Å². The van der Waals surface area contributed by atoms with Crippen molar-refractivity contribution < 1.29 is 4.79 Å². The van der Waals surface area contributed by atoms with Gasteiger partial charge < -0.3 is 14.8 Å². The molecule has 6 heteroatoms. The first-order valence-corrected chi connectivity index (χ1v) is 11.5. The summed E-state index contributed by atoms with van der Waals surface area (Å²) in [5.41, 5.74) is 5.65. The van der Waals surface area contributed by atoms with E-state index in [-0.39, 0.29) is 11.8 Å². The van der Waals surface area contributed by atoms with E-state index in [4.69, 9.17) is 0 Å². The van der Waals surface area contributed by atoms with E-state index in [9.17, 15) is 4.79 Å². The van der Waals surface area contributed by atoms with Crippen LogP contribution in [0.2, 0.25) is 0 Å². The molecule has 2 aromatic carbocycles. The molecule has 6 nitrogen and oxygen atoms in total. The van der Waals surface area contributed by atoms with Gasteiger partial charge in [-0.3, -0.25) is 9.78 Å². The predicted molar refractivity (Wildman–Crippen MR) is 129 cm³/mol. The van der Waals surface area contributed by atoms with Gasteiger partial charge in [0.25, 0.3) is 0 Å². The van der Waals surface area contributed by atoms with Crippen LogP contribution in [0.5, 0.6) is 0 Å². The summed E-state index contributed by atoms with van der Waals surface area (Å²) in [5.74, 6) is 0.283. The zero-order valence-electron chi connectivity index (χ0n) is 18.5. The largest absolute Gasteiger partial charge is 0.371 e. The SMILES string of the molecule is Cc1ccc2nccc(N3CCC(C(=O)NCCCn4cnc5ccccc54)CC3)c2c1. The molecule has 4 aromatic rings. The molecule has 1 amide bonds. The molecule has 2 aromatic heterocycles. The molecule has 0 saturated carbocycles. The highest BCUT2D eigenvalue weighted by atomic mass is 16.1. The zero-order valence-corrected chi connectivity index (χ0v) is 18.5. The van der Waals surface area contributed by atoms with Crippen LogP contribution in [-0.2, 0) is 11.3 Å². The molecule has 0 unspecified atom stereocenters. The molecule has 0 atom stereocenters. The fourth-order valence-corrected chi connectivity index (χ4v) is 4.70. The monoisotopic (exact) mass is 427 g/mol. The van der Waals surface area contributed by atoms with Crippen LogP contribution < -0.4 is 10.2 Å². The van der Waals surface area contributed by atoms with Crippen molar-refractivity contribution in [2.24, 2.45) is 5.92 Å². The Hall–Kier alpha value is -3.41. The predicted octanol–water partition coefficient (Wildman–Crippen LogP) is 4.32. The maximum absolute atomic E-state index is 12.7. The normalized spacial score (nSPS) is 14.8. The Kier molecular flexibility index (Phi) is 5.75. The summed E-state index contributed by atoms with van der Waals surface area (Å²) in [5, 5.41) is 4.35. The average molecular weight is 428 g/mol. The molecule has 164 valence electrons. The lowest BCUT2D eigenvalue weighted by molar-refractivity contribution is -0.125. The van der Waals surface area contributed by atoms with Gasteiger partial charge in [0.1, 0.15) is 0 Å². The van der Waals surface area contributed by atoms with Crippen LogP contribution in [0.25, 0.3) is 21.9 Å². The number of nitrogens with one attached hydrogen (secondary N) is 1. The Labute approximate surface area is 188 Å². The molecule has 32 heavy (non-hydrogen) atoms. The quantitative estimate of drug-likeness (QED) is 0.466. The maximum atomic E-state index is 12.7. The van der Waals surface area contributed by atoms with Gasteiger partial charge in [-0.05, 0) is 56.5 Å². The molecule has 5 rings (SSSR count). The third-order valence-corrected chi connectivity index (χ3v) is 6.48. The summed E-state index contributed by atoms with van der Waals surface area (Å²) in [4.78, 5) is 24.0. The number of para-hydroxylation sites is 2. The summed E-state index contributed by atoms with van der Waals surface area (Å²) in [6.07, 6.45) is 6.43. The van der Waals surface area contributed by atoms with E-state index in [1.807, 2.05) is 30.7 Å². The molecule has 0 aliphatic carbocycles. The fraction of sp³-hybridized carbons (Fsp3) is 0.346. The number of anilines is 1. The third kappa shape index (κ3) is 4.17. The van der Waals surface area contributed by atoms with E-state index < -0.39 is 0 Å². The first-order valence-electron chi connectivity index (χ1n) is 11.5. The molecule has 3 heterocycles. The molecular formula is C26H29N5O. The number of nitrogens with zero attached hydrogens (tertiary/aromatic N) is 4. The number of amides is 1. The number of piperidine rings is 1. The van der Waals surface area contributed by atoms with Crippen molar-refractivity contribution in [2.45, 2.75) is 32.7 Å². The Morgan fingerprint density at radius 3 is 2.78 bits per heavy atom. The van der Waals surface area contributed by atoms with Crippen LogP contribution in [-0.4, -0.2) is 40.1 Å². The molecule has 0 radical (unpaired) electrons. The summed E-state index contributed by atoms with van der Waals surface area (Å²) in [6.45, 7) is 5.45. The molecule has 1 aliphatic rings. The van der Waals surface area contributed by atoms with Crippen molar-refractivity contribution in [2.75, 3.05) is 24.5 Å². The summed E-state index contributed by atoms with van der Waals surface area (Å²) in [6, 6.07) is 16.6. The van der Waals surface area contributed by atoms with Gasteiger partial charge in [0.2, 0.25) is 5.91 Å². The molecule has 1 N–H and O–H groups in total. The van der Waals surface area contributed by atoms with Gasteiger partial charge in [0, 0.05) is 49.4 Å². The van der Waals surface area contributed by atoms with Gasteiger partial charge in [0.15, 0.2) is 0 Å². The number of rotatable bonds is 6. The van der Waals surface area contributed by atoms with E-state index in [0.717, 1.165) is 55.4 Å². The molecule has 1 aliphatic heterocycles. The summed E-state index contributed by atoms with van der Waals surface area (Å²) in [7, 11) is 0. The summed E-state index contributed by atoms with van der Waals surface area (Å²) >= 11 is 0. The number of aromatic nitrogens is 3. The standard InChI is InChI=1S/C26H29N5O/c1-19-7-8-22-21(17-19)24(9-13-27-22)30-15-10-20(11-16-30)26(32)28-12-4-14-31-18-29-23-5-2-3-6-25(23)31/h2-3,5-9,13,17-18,20H,4,10-12,14-16H2,1H3,(H,28,32). The van der Waals surface area contributed by atoms with Gasteiger partial charge in [-0.2, -0.15) is 0 Å². The number of benzene rings is 2. The van der Waals surface area contributed by atoms with Crippen LogP contribution >= 0.6 is 0 Å². The van der Waals surface area contributed by atoms with Gasteiger partial charge >= 0.3 is 0 Å². The molecule has 1 fully saturated rings. The lowest BCUT2D eigenvalue weighted by Gasteiger charge is -2.33. The Morgan fingerprint density at radius 1 is 1.06 bits per heavy atom. The lowest BCUT2D eigenvalue weighted by Crippen LogP contribution is -2.41. The minimum Gasteiger partial charge on any atom is -0.371 e. The van der Waals surface area contributed by atoms with Crippen molar-refractivity contribution in [3.63, 3.8) is 0 Å². The van der Waals surface area contributed by atoms with E-state index in [1.165, 1.54) is 16.6 Å². The van der Waals surface area contributed by atoms with E-state index >= 15 is 0 Å². The van der Waals surface area contributed by atoms with Crippen molar-refractivity contribution in [3.8, 4) is 0 Å². The first-order chi connectivity index (χ1) is 15.7. The zero-order chi connectivity index (χ0) is 21.9. The second kappa shape index (κ2) is 8.99. The van der Waals surface area contributed by atoms with Crippen molar-refractivity contribution >= 4 is 33.5 Å². The number of carbonyl (C=O) groups excluding carboxylic acids is 1. The highest BCUT2D eigenvalue weighted by Crippen LogP contribution is 2.30. The first kappa shape index (κ1) is 20.5. The Morgan fingerprint density at radius 2 is 1.91 bits per heavy atom. The van der Waals surface area contributed by atoms with Crippen LogP contribution in [0.1, 0.15) is 24.8 Å². The second-order valence-corrected chi connectivity index (χ2v) is 8.68. The average Bonchev–Trinajstić information content (AvgIpc) is 3.24. The van der Waals surface area contributed by atoms with Gasteiger partial charge in [-0.1, -0.05) is 23.8 Å². The van der Waals surface area contributed by atoms with E-state index in [0.29, 0.717) is 6.54 Å². The van der Waals surface area contributed by atoms with Crippen LogP contribution in [0.3, 0.4) is 0 Å². The van der Waals surface area contributed by atoms with Crippen molar-refractivity contribution in [1.29, 1.82) is 0 Å². The minimum absolute atomic E-state index is 0.0927. The minimum atomic E-state index is 0.0927. The number of pyridine rings is 1. The highest BCUT2D eigenvalue weighted by molar-refractivity contribution is 5.92. The topological polar surface area (TPSA) is 63.1 Å². The van der Waals surface area contributed by atoms with Gasteiger partial charge in [-0.25, -0.2) is 4.98 Å².